The molecule has 104 valence electrons. The van der Waals surface area contributed by atoms with Crippen molar-refractivity contribution in [3.05, 3.63) is 40.3 Å². The fourth-order valence-electron chi connectivity index (χ4n) is 1.60. The van der Waals surface area contributed by atoms with Crippen molar-refractivity contribution in [3.8, 4) is 0 Å². The number of carbonyl (C=O) groups is 2. The Morgan fingerprint density at radius 3 is 2.55 bits per heavy atom. The van der Waals surface area contributed by atoms with Crippen LogP contribution in [0.1, 0.15) is 10.5 Å². The zero-order valence-electron chi connectivity index (χ0n) is 11.0. The molecule has 0 atom stereocenters. The molecule has 0 unspecified atom stereocenters. The summed E-state index contributed by atoms with van der Waals surface area (Å²) in [6.45, 7) is -0.374. The number of esters is 1. The van der Waals surface area contributed by atoms with Crippen LogP contribution in [0.5, 0.6) is 0 Å². The Balaban J connectivity index is 2.29. The molecule has 0 saturated heterocycles. The van der Waals surface area contributed by atoms with Crippen LogP contribution in [0, 0.1) is 0 Å². The van der Waals surface area contributed by atoms with Gasteiger partial charge >= 0.3 is 5.97 Å². The third-order valence-electron chi connectivity index (χ3n) is 2.71. The van der Waals surface area contributed by atoms with Crippen molar-refractivity contribution in [2.24, 2.45) is 0 Å². The van der Waals surface area contributed by atoms with Gasteiger partial charge in [-0.25, -0.2) is 9.89 Å². The van der Waals surface area contributed by atoms with E-state index < -0.39 is 5.97 Å². The van der Waals surface area contributed by atoms with Crippen LogP contribution in [0.4, 0.5) is 0 Å². The fourth-order valence-corrected chi connectivity index (χ4v) is 1.60. The molecule has 7 nitrogen and oxygen atoms in total. The Kier molecular flexibility index (Phi) is 3.79. The van der Waals surface area contributed by atoms with Crippen molar-refractivity contribution >= 4 is 22.6 Å². The maximum absolute atomic E-state index is 11.9. The molecule has 1 amide bonds. The van der Waals surface area contributed by atoms with Gasteiger partial charge in [-0.05, 0) is 6.07 Å². The zero-order chi connectivity index (χ0) is 14.7. The highest BCUT2D eigenvalue weighted by Crippen LogP contribution is 2.13. The lowest BCUT2D eigenvalue weighted by Gasteiger charge is -2.10. The first-order chi connectivity index (χ1) is 9.50. The minimum Gasteiger partial charge on any atom is -0.451 e. The highest BCUT2D eigenvalue weighted by molar-refractivity contribution is 6.02. The maximum Gasteiger partial charge on any atom is 0.359 e. The smallest absolute Gasteiger partial charge is 0.359 e. The van der Waals surface area contributed by atoms with Gasteiger partial charge in [0.05, 0.1) is 5.39 Å². The van der Waals surface area contributed by atoms with Gasteiger partial charge in [-0.15, -0.1) is 0 Å². The number of aromatic nitrogens is 2. The summed E-state index contributed by atoms with van der Waals surface area (Å²) in [5, 5.41) is 6.65. The predicted molar refractivity (Wildman–Crippen MR) is 71.3 cm³/mol. The van der Waals surface area contributed by atoms with Gasteiger partial charge in [-0.3, -0.25) is 9.59 Å². The van der Waals surface area contributed by atoms with Gasteiger partial charge in [-0.2, -0.15) is 5.10 Å². The van der Waals surface area contributed by atoms with Crippen molar-refractivity contribution in [2.75, 3.05) is 20.7 Å². The number of likely N-dealkylation sites (N-methyl/N-ethyl adjacent to an activating group) is 1. The van der Waals surface area contributed by atoms with Gasteiger partial charge in [-0.1, -0.05) is 18.2 Å². The van der Waals surface area contributed by atoms with Gasteiger partial charge in [0, 0.05) is 19.5 Å². The number of amides is 1. The summed E-state index contributed by atoms with van der Waals surface area (Å²) in [7, 11) is 3.12. The normalized spacial score (nSPS) is 10.3. The van der Waals surface area contributed by atoms with Crippen LogP contribution >= 0.6 is 0 Å². The Hall–Kier alpha value is -2.70. The van der Waals surface area contributed by atoms with E-state index in [1.54, 1.807) is 38.4 Å². The van der Waals surface area contributed by atoms with Gasteiger partial charge in [0.2, 0.25) is 0 Å². The van der Waals surface area contributed by atoms with Crippen molar-refractivity contribution in [3.63, 3.8) is 0 Å². The molecule has 0 radical (unpaired) electrons. The molecule has 2 rings (SSSR count). The highest BCUT2D eigenvalue weighted by atomic mass is 16.5. The van der Waals surface area contributed by atoms with Crippen LogP contribution in [0.3, 0.4) is 0 Å². The number of hydrogen-bond acceptors (Lipinski definition) is 5. The predicted octanol–water partition coefficient (Wildman–Crippen LogP) is 0.168. The van der Waals surface area contributed by atoms with Gasteiger partial charge in [0.25, 0.3) is 11.5 Å². The molecule has 1 heterocycles. The molecule has 1 N–H and O–H groups in total. The molecule has 0 aliphatic rings. The number of ether oxygens (including phenoxy) is 1. The standard InChI is InChI=1S/C13H13N3O4/c1-16(2)10(17)7-20-13(19)11-8-5-3-4-6-9(8)12(18)15-14-11/h3-6H,7H2,1-2H3,(H,15,18). The molecule has 0 bridgehead atoms. The van der Waals surface area contributed by atoms with Crippen LogP contribution < -0.4 is 5.56 Å². The Morgan fingerprint density at radius 2 is 1.90 bits per heavy atom. The monoisotopic (exact) mass is 275 g/mol. The Bertz CT molecular complexity index is 721. The number of rotatable bonds is 3. The van der Waals surface area contributed by atoms with E-state index in [4.69, 9.17) is 4.74 Å². The second kappa shape index (κ2) is 5.52. The van der Waals surface area contributed by atoms with Gasteiger partial charge in [0.1, 0.15) is 0 Å². The molecule has 0 saturated carbocycles. The first-order valence-corrected chi connectivity index (χ1v) is 5.85. The van der Waals surface area contributed by atoms with Crippen LogP contribution in [-0.4, -0.2) is 47.7 Å². The fraction of sp³-hybridized carbons (Fsp3) is 0.231. The lowest BCUT2D eigenvalue weighted by atomic mass is 10.1. The summed E-state index contributed by atoms with van der Waals surface area (Å²) < 4.78 is 4.88. The van der Waals surface area contributed by atoms with Crippen LogP contribution in [0.15, 0.2) is 29.1 Å². The summed E-state index contributed by atoms with van der Waals surface area (Å²) in [4.78, 5) is 36.2. The molecular weight excluding hydrogens is 262 g/mol. The van der Waals surface area contributed by atoms with Crippen molar-refractivity contribution in [1.82, 2.24) is 15.1 Å². The third kappa shape index (κ3) is 2.66. The first kappa shape index (κ1) is 13.7. The molecule has 0 aliphatic carbocycles. The van der Waals surface area contributed by atoms with Crippen LogP contribution in [-0.2, 0) is 9.53 Å². The summed E-state index contributed by atoms with van der Waals surface area (Å²) in [6.07, 6.45) is 0. The Morgan fingerprint density at radius 1 is 1.25 bits per heavy atom. The van der Waals surface area contributed by atoms with E-state index in [9.17, 15) is 14.4 Å². The van der Waals surface area contributed by atoms with E-state index in [0.29, 0.717) is 10.8 Å². The number of fused-ring (bicyclic) bond motifs is 1. The topological polar surface area (TPSA) is 92.4 Å². The number of nitrogens with zero attached hydrogens (tertiary/aromatic N) is 2. The summed E-state index contributed by atoms with van der Waals surface area (Å²) >= 11 is 0. The summed E-state index contributed by atoms with van der Waals surface area (Å²) in [6, 6.07) is 6.55. The lowest BCUT2D eigenvalue weighted by molar-refractivity contribution is -0.131. The molecule has 7 heteroatoms. The van der Waals surface area contributed by atoms with E-state index in [0.717, 1.165) is 0 Å². The average molecular weight is 275 g/mol. The third-order valence-corrected chi connectivity index (χ3v) is 2.71. The van der Waals surface area contributed by atoms with E-state index in [1.165, 1.54) is 4.90 Å². The van der Waals surface area contributed by atoms with Crippen LogP contribution in [0.25, 0.3) is 10.8 Å². The van der Waals surface area contributed by atoms with Crippen molar-refractivity contribution in [1.29, 1.82) is 0 Å². The number of H-pyrrole nitrogens is 1. The maximum atomic E-state index is 11.9. The first-order valence-electron chi connectivity index (χ1n) is 5.85. The number of aromatic amines is 1. The number of hydrogen-bond donors (Lipinski definition) is 1. The molecule has 0 spiro atoms. The average Bonchev–Trinajstić information content (AvgIpc) is 2.45. The SMILES string of the molecule is CN(C)C(=O)COC(=O)c1n[nH]c(=O)c2ccccc12. The summed E-state index contributed by atoms with van der Waals surface area (Å²) in [5.74, 6) is -1.10. The molecule has 2 aromatic rings. The molecule has 20 heavy (non-hydrogen) atoms. The molecule has 0 aliphatic heterocycles. The minimum atomic E-state index is -0.757. The Labute approximate surface area is 114 Å². The summed E-state index contributed by atoms with van der Waals surface area (Å²) in [5.41, 5.74) is -0.409. The van der Waals surface area contributed by atoms with E-state index in [1.807, 2.05) is 0 Å². The van der Waals surface area contributed by atoms with Gasteiger partial charge in [0.15, 0.2) is 12.3 Å². The molecule has 1 aromatic carbocycles. The quantitative estimate of drug-likeness (QED) is 0.806. The van der Waals surface area contributed by atoms with E-state index in [2.05, 4.69) is 10.2 Å². The van der Waals surface area contributed by atoms with Crippen molar-refractivity contribution in [2.45, 2.75) is 0 Å². The number of benzene rings is 1. The second-order valence-electron chi connectivity index (χ2n) is 4.31. The largest absolute Gasteiger partial charge is 0.451 e. The minimum absolute atomic E-state index is 0.0215. The van der Waals surface area contributed by atoms with Crippen molar-refractivity contribution < 1.29 is 14.3 Å². The molecular formula is C13H13N3O4. The zero-order valence-corrected chi connectivity index (χ0v) is 11.0. The van der Waals surface area contributed by atoms with E-state index >= 15 is 0 Å². The van der Waals surface area contributed by atoms with Gasteiger partial charge < -0.3 is 9.64 Å². The number of nitrogens with one attached hydrogen (secondary N) is 1. The molecule has 0 fully saturated rings. The van der Waals surface area contributed by atoms with E-state index in [-0.39, 0.29) is 23.8 Å². The highest BCUT2D eigenvalue weighted by Gasteiger charge is 2.17. The lowest BCUT2D eigenvalue weighted by Crippen LogP contribution is -2.28. The second-order valence-corrected chi connectivity index (χ2v) is 4.31. The molecule has 1 aromatic heterocycles. The van der Waals surface area contributed by atoms with Crippen LogP contribution in [0.2, 0.25) is 0 Å². The number of carbonyl (C=O) groups excluding carboxylic acids is 2.